The van der Waals surface area contributed by atoms with Crippen molar-refractivity contribution in [3.05, 3.63) is 22.7 Å². The molecule has 0 heterocycles. The molecule has 0 atom stereocenters. The molecule has 3 N–H and O–H groups in total. The minimum absolute atomic E-state index is 0.0461. The van der Waals surface area contributed by atoms with Crippen LogP contribution in [-0.2, 0) is 4.79 Å². The second-order valence-electron chi connectivity index (χ2n) is 3.49. The van der Waals surface area contributed by atoms with Crippen molar-refractivity contribution in [1.29, 1.82) is 0 Å². The van der Waals surface area contributed by atoms with Crippen LogP contribution in [0.5, 0.6) is 0 Å². The van der Waals surface area contributed by atoms with E-state index >= 15 is 0 Å². The average molecular weight is 286 g/mol. The molecule has 0 radical (unpaired) electrons. The lowest BCUT2D eigenvalue weighted by molar-refractivity contribution is -0.127. The van der Waals surface area contributed by atoms with Crippen molar-refractivity contribution < 1.29 is 4.79 Å². The molecule has 0 unspecified atom stereocenters. The fourth-order valence-electron chi connectivity index (χ4n) is 1.18. The van der Waals surface area contributed by atoms with Gasteiger partial charge in [0, 0.05) is 18.1 Å². The van der Waals surface area contributed by atoms with Crippen LogP contribution in [0.3, 0.4) is 0 Å². The predicted molar refractivity (Wildman–Crippen MR) is 70.4 cm³/mol. The van der Waals surface area contributed by atoms with Gasteiger partial charge in [-0.2, -0.15) is 0 Å². The quantitative estimate of drug-likeness (QED) is 0.831. The van der Waals surface area contributed by atoms with Crippen LogP contribution in [0, 0.1) is 0 Å². The molecule has 0 aliphatic rings. The fraction of sp³-hybridized carbons (Fsp3) is 0.364. The first-order chi connectivity index (χ1) is 7.54. The van der Waals surface area contributed by atoms with Crippen LogP contribution in [0.1, 0.15) is 6.92 Å². The van der Waals surface area contributed by atoms with Crippen LogP contribution in [0.25, 0.3) is 0 Å². The van der Waals surface area contributed by atoms with Crippen LogP contribution in [0.4, 0.5) is 11.4 Å². The van der Waals surface area contributed by atoms with Crippen LogP contribution in [0.2, 0.25) is 0 Å². The molecular formula is C11H16BrN3O. The zero-order valence-electron chi connectivity index (χ0n) is 9.46. The van der Waals surface area contributed by atoms with Gasteiger partial charge in [-0.25, -0.2) is 0 Å². The molecule has 0 aliphatic heterocycles. The summed E-state index contributed by atoms with van der Waals surface area (Å²) in [6.45, 7) is 2.90. The predicted octanol–water partition coefficient (Wildman–Crippen LogP) is 1.92. The summed E-state index contributed by atoms with van der Waals surface area (Å²) < 4.78 is 0.924. The lowest BCUT2D eigenvalue weighted by atomic mass is 10.2. The first kappa shape index (κ1) is 12.8. The summed E-state index contributed by atoms with van der Waals surface area (Å²) in [6, 6.07) is 5.53. The van der Waals surface area contributed by atoms with Crippen molar-refractivity contribution in [2.75, 3.05) is 31.2 Å². The minimum atomic E-state index is 0.0461. The van der Waals surface area contributed by atoms with Crippen LogP contribution < -0.4 is 11.1 Å². The lowest BCUT2D eigenvalue weighted by Gasteiger charge is -2.16. The number of benzene rings is 1. The molecule has 1 amide bonds. The Kier molecular flexibility index (Phi) is 4.61. The molecule has 0 aliphatic carbocycles. The lowest BCUT2D eigenvalue weighted by Crippen LogP contribution is -2.32. The summed E-state index contributed by atoms with van der Waals surface area (Å²) in [5, 5.41) is 3.02. The number of amides is 1. The molecule has 0 bridgehead atoms. The maximum absolute atomic E-state index is 11.5. The number of nitrogens with zero attached hydrogens (tertiary/aromatic N) is 1. The van der Waals surface area contributed by atoms with E-state index in [1.807, 2.05) is 19.1 Å². The minimum Gasteiger partial charge on any atom is -0.397 e. The molecule has 1 aromatic rings. The van der Waals surface area contributed by atoms with Gasteiger partial charge in [0.2, 0.25) is 5.91 Å². The molecule has 0 saturated heterocycles. The van der Waals surface area contributed by atoms with E-state index in [4.69, 9.17) is 5.73 Å². The second-order valence-corrected chi connectivity index (χ2v) is 4.41. The summed E-state index contributed by atoms with van der Waals surface area (Å²) in [4.78, 5) is 13.2. The SMILES string of the molecule is CCN(C)C(=O)CNc1ccc(Br)cc1N. The molecule has 0 spiro atoms. The summed E-state index contributed by atoms with van der Waals surface area (Å²) >= 11 is 3.33. The molecule has 4 nitrogen and oxygen atoms in total. The molecule has 1 rings (SSSR count). The van der Waals surface area contributed by atoms with Crippen molar-refractivity contribution in [3.8, 4) is 0 Å². The van der Waals surface area contributed by atoms with Gasteiger partial charge in [0.1, 0.15) is 0 Å². The number of nitrogens with two attached hydrogens (primary N) is 1. The first-order valence-electron chi connectivity index (χ1n) is 5.07. The highest BCUT2D eigenvalue weighted by Gasteiger charge is 2.06. The van der Waals surface area contributed by atoms with E-state index in [-0.39, 0.29) is 12.5 Å². The highest BCUT2D eigenvalue weighted by molar-refractivity contribution is 9.10. The van der Waals surface area contributed by atoms with E-state index in [2.05, 4.69) is 21.2 Å². The van der Waals surface area contributed by atoms with Gasteiger partial charge in [-0.05, 0) is 25.1 Å². The number of hydrogen-bond donors (Lipinski definition) is 2. The molecule has 0 saturated carbocycles. The van der Waals surface area contributed by atoms with Gasteiger partial charge in [0.15, 0.2) is 0 Å². The standard InChI is InChI=1S/C11H16BrN3O/c1-3-15(2)11(16)7-14-10-5-4-8(12)6-9(10)13/h4-6,14H,3,7,13H2,1-2H3. The Labute approximate surface area is 104 Å². The van der Waals surface area contributed by atoms with Crippen molar-refractivity contribution >= 4 is 33.2 Å². The van der Waals surface area contributed by atoms with E-state index in [1.165, 1.54) is 0 Å². The van der Waals surface area contributed by atoms with Gasteiger partial charge in [-0.15, -0.1) is 0 Å². The summed E-state index contributed by atoms with van der Waals surface area (Å²) in [5.74, 6) is 0.0461. The van der Waals surface area contributed by atoms with Gasteiger partial charge in [0.25, 0.3) is 0 Å². The van der Waals surface area contributed by atoms with E-state index in [0.29, 0.717) is 12.2 Å². The number of nitrogen functional groups attached to an aromatic ring is 1. The molecule has 88 valence electrons. The van der Waals surface area contributed by atoms with E-state index in [0.717, 1.165) is 10.2 Å². The van der Waals surface area contributed by atoms with Crippen molar-refractivity contribution in [1.82, 2.24) is 4.90 Å². The molecule has 0 fully saturated rings. The Morgan fingerprint density at radius 1 is 1.56 bits per heavy atom. The van der Waals surface area contributed by atoms with Crippen LogP contribution in [-0.4, -0.2) is 30.9 Å². The Morgan fingerprint density at radius 2 is 2.25 bits per heavy atom. The van der Waals surface area contributed by atoms with Crippen molar-refractivity contribution in [2.24, 2.45) is 0 Å². The largest absolute Gasteiger partial charge is 0.397 e. The van der Waals surface area contributed by atoms with Gasteiger partial charge in [-0.3, -0.25) is 4.79 Å². The van der Waals surface area contributed by atoms with Crippen LogP contribution >= 0.6 is 15.9 Å². The van der Waals surface area contributed by atoms with Crippen molar-refractivity contribution in [3.63, 3.8) is 0 Å². The number of anilines is 2. The Morgan fingerprint density at radius 3 is 2.81 bits per heavy atom. The fourth-order valence-corrected chi connectivity index (χ4v) is 1.56. The van der Waals surface area contributed by atoms with E-state index in [9.17, 15) is 4.79 Å². The normalized spacial score (nSPS) is 9.94. The Balaban J connectivity index is 2.58. The summed E-state index contributed by atoms with van der Waals surface area (Å²) in [7, 11) is 1.77. The monoisotopic (exact) mass is 285 g/mol. The third kappa shape index (κ3) is 3.41. The third-order valence-electron chi connectivity index (χ3n) is 2.34. The highest BCUT2D eigenvalue weighted by atomic mass is 79.9. The number of carbonyl (C=O) groups is 1. The number of hydrogen-bond acceptors (Lipinski definition) is 3. The molecule has 5 heteroatoms. The van der Waals surface area contributed by atoms with E-state index < -0.39 is 0 Å². The molecule has 0 aromatic heterocycles. The average Bonchev–Trinajstić information content (AvgIpc) is 2.26. The number of rotatable bonds is 4. The van der Waals surface area contributed by atoms with Gasteiger partial charge < -0.3 is 16.0 Å². The number of likely N-dealkylation sites (N-methyl/N-ethyl adjacent to an activating group) is 1. The maximum atomic E-state index is 11.5. The third-order valence-corrected chi connectivity index (χ3v) is 2.84. The zero-order chi connectivity index (χ0) is 12.1. The summed E-state index contributed by atoms with van der Waals surface area (Å²) in [5.41, 5.74) is 7.20. The number of carbonyl (C=O) groups excluding carboxylic acids is 1. The zero-order valence-corrected chi connectivity index (χ0v) is 11.0. The summed E-state index contributed by atoms with van der Waals surface area (Å²) in [6.07, 6.45) is 0. The highest BCUT2D eigenvalue weighted by Crippen LogP contribution is 2.22. The van der Waals surface area contributed by atoms with Crippen molar-refractivity contribution in [2.45, 2.75) is 6.92 Å². The molecule has 1 aromatic carbocycles. The van der Waals surface area contributed by atoms with Gasteiger partial charge >= 0.3 is 0 Å². The number of nitrogens with one attached hydrogen (secondary N) is 1. The van der Waals surface area contributed by atoms with Crippen LogP contribution in [0.15, 0.2) is 22.7 Å². The van der Waals surface area contributed by atoms with Gasteiger partial charge in [0.05, 0.1) is 17.9 Å². The Bertz CT molecular complexity index is 381. The number of halogens is 1. The topological polar surface area (TPSA) is 58.4 Å². The maximum Gasteiger partial charge on any atom is 0.241 e. The molecular weight excluding hydrogens is 270 g/mol. The van der Waals surface area contributed by atoms with E-state index in [1.54, 1.807) is 18.0 Å². The Hall–Kier alpha value is -1.23. The first-order valence-corrected chi connectivity index (χ1v) is 5.86. The second kappa shape index (κ2) is 5.75. The van der Waals surface area contributed by atoms with Gasteiger partial charge in [-0.1, -0.05) is 15.9 Å². The smallest absolute Gasteiger partial charge is 0.241 e. The molecule has 16 heavy (non-hydrogen) atoms.